The number of carbonyl (C=O) groups is 1. The first-order valence-electron chi connectivity index (χ1n) is 5.94. The van der Waals surface area contributed by atoms with Crippen LogP contribution in [-0.4, -0.2) is 72.9 Å². The van der Waals surface area contributed by atoms with Gasteiger partial charge in [0.15, 0.2) is 0 Å². The van der Waals surface area contributed by atoms with E-state index in [0.717, 1.165) is 13.1 Å². The van der Waals surface area contributed by atoms with E-state index in [1.54, 1.807) is 0 Å². The fourth-order valence-corrected chi connectivity index (χ4v) is 2.25. The van der Waals surface area contributed by atoms with Crippen LogP contribution in [0.4, 0.5) is 0 Å². The number of aliphatic hydroxyl groups is 1. The monoisotopic (exact) mass is 228 g/mol. The Bertz CT molecular complexity index is 248. The maximum Gasteiger partial charge on any atom is 0.239 e. The molecule has 92 valence electrons. The van der Waals surface area contributed by atoms with Crippen molar-refractivity contribution < 1.29 is 14.6 Å². The molecular weight excluding hydrogens is 208 g/mol. The van der Waals surface area contributed by atoms with Crippen molar-refractivity contribution >= 4 is 5.91 Å². The van der Waals surface area contributed by atoms with E-state index in [2.05, 4.69) is 4.90 Å². The Hall–Kier alpha value is -0.650. The van der Waals surface area contributed by atoms with Gasteiger partial charge in [0, 0.05) is 38.7 Å². The third kappa shape index (κ3) is 2.36. The predicted molar refractivity (Wildman–Crippen MR) is 59.0 cm³/mol. The lowest BCUT2D eigenvalue weighted by Crippen LogP contribution is -2.58. The molecular formula is C11H20N2O3. The topological polar surface area (TPSA) is 53.0 Å². The van der Waals surface area contributed by atoms with Gasteiger partial charge in [0.2, 0.25) is 5.91 Å². The number of nitrogens with zero attached hydrogens (tertiary/aromatic N) is 2. The summed E-state index contributed by atoms with van der Waals surface area (Å²) < 4.78 is 5.22. The van der Waals surface area contributed by atoms with Gasteiger partial charge >= 0.3 is 0 Å². The molecule has 1 unspecified atom stereocenters. The van der Waals surface area contributed by atoms with Crippen LogP contribution in [0.5, 0.6) is 0 Å². The first kappa shape index (κ1) is 11.8. The maximum atomic E-state index is 12.1. The number of rotatable bonds is 3. The van der Waals surface area contributed by atoms with E-state index in [1.807, 2.05) is 11.8 Å². The number of morpholine rings is 1. The quantitative estimate of drug-likeness (QED) is 0.684. The fourth-order valence-electron chi connectivity index (χ4n) is 2.25. The Morgan fingerprint density at radius 1 is 1.44 bits per heavy atom. The minimum atomic E-state index is -0.0547. The lowest BCUT2D eigenvalue weighted by molar-refractivity contribution is -0.143. The largest absolute Gasteiger partial charge is 0.396 e. The van der Waals surface area contributed by atoms with Crippen molar-refractivity contribution in [2.45, 2.75) is 13.0 Å². The summed E-state index contributed by atoms with van der Waals surface area (Å²) >= 11 is 0. The molecule has 2 rings (SSSR count). The van der Waals surface area contributed by atoms with Crippen molar-refractivity contribution in [2.75, 3.05) is 46.0 Å². The number of ether oxygens (including phenoxy) is 1. The molecule has 0 radical (unpaired) electrons. The highest BCUT2D eigenvalue weighted by Crippen LogP contribution is 2.19. The number of carbonyl (C=O) groups excluding carboxylic acids is 1. The summed E-state index contributed by atoms with van der Waals surface area (Å²) in [4.78, 5) is 16.1. The second-order valence-electron chi connectivity index (χ2n) is 4.62. The second kappa shape index (κ2) is 5.12. The van der Waals surface area contributed by atoms with Crippen molar-refractivity contribution in [2.24, 2.45) is 5.92 Å². The summed E-state index contributed by atoms with van der Waals surface area (Å²) in [6.45, 7) is 6.58. The zero-order valence-corrected chi connectivity index (χ0v) is 9.76. The Kier molecular flexibility index (Phi) is 3.78. The fraction of sp³-hybridized carbons (Fsp3) is 0.909. The summed E-state index contributed by atoms with van der Waals surface area (Å²) in [5.41, 5.74) is 0. The minimum absolute atomic E-state index is 0.0547. The molecule has 1 N–H and O–H groups in total. The number of hydrogen-bond donors (Lipinski definition) is 1. The van der Waals surface area contributed by atoms with E-state index in [9.17, 15) is 4.79 Å². The van der Waals surface area contributed by atoms with Crippen molar-refractivity contribution in [1.82, 2.24) is 9.80 Å². The standard InChI is InChI=1S/C11H20N2O3/c1-9(13-6-10(7-13)8-14)11(15)12-2-4-16-5-3-12/h9-10,14H,2-8H2,1H3. The van der Waals surface area contributed by atoms with Crippen LogP contribution in [0, 0.1) is 5.92 Å². The molecule has 0 aliphatic carbocycles. The first-order chi connectivity index (χ1) is 7.72. The molecule has 1 atom stereocenters. The van der Waals surface area contributed by atoms with Gasteiger partial charge in [-0.3, -0.25) is 9.69 Å². The van der Waals surface area contributed by atoms with E-state index >= 15 is 0 Å². The van der Waals surface area contributed by atoms with Crippen LogP contribution in [0.2, 0.25) is 0 Å². The van der Waals surface area contributed by atoms with Gasteiger partial charge in [-0.2, -0.15) is 0 Å². The summed E-state index contributed by atoms with van der Waals surface area (Å²) in [5.74, 6) is 0.555. The van der Waals surface area contributed by atoms with E-state index in [1.165, 1.54) is 0 Å². The molecule has 0 bridgehead atoms. The Balaban J connectivity index is 1.80. The van der Waals surface area contributed by atoms with Gasteiger partial charge in [-0.1, -0.05) is 0 Å². The lowest BCUT2D eigenvalue weighted by atomic mass is 9.98. The molecule has 16 heavy (non-hydrogen) atoms. The van der Waals surface area contributed by atoms with Crippen molar-refractivity contribution in [3.63, 3.8) is 0 Å². The maximum absolute atomic E-state index is 12.1. The average molecular weight is 228 g/mol. The van der Waals surface area contributed by atoms with E-state index < -0.39 is 0 Å². The molecule has 5 heteroatoms. The zero-order chi connectivity index (χ0) is 11.5. The number of hydrogen-bond acceptors (Lipinski definition) is 4. The van der Waals surface area contributed by atoms with Crippen molar-refractivity contribution in [3.8, 4) is 0 Å². The van der Waals surface area contributed by atoms with Crippen LogP contribution < -0.4 is 0 Å². The van der Waals surface area contributed by atoms with E-state index in [4.69, 9.17) is 9.84 Å². The summed E-state index contributed by atoms with van der Waals surface area (Å²) in [5, 5.41) is 8.93. The Morgan fingerprint density at radius 2 is 2.06 bits per heavy atom. The van der Waals surface area contributed by atoms with Gasteiger partial charge in [-0.25, -0.2) is 0 Å². The highest BCUT2D eigenvalue weighted by atomic mass is 16.5. The van der Waals surface area contributed by atoms with Crippen LogP contribution in [-0.2, 0) is 9.53 Å². The Labute approximate surface area is 96.0 Å². The Morgan fingerprint density at radius 3 is 2.62 bits per heavy atom. The summed E-state index contributed by atoms with van der Waals surface area (Å²) in [6, 6.07) is -0.0547. The molecule has 1 amide bonds. The third-order valence-corrected chi connectivity index (χ3v) is 3.47. The van der Waals surface area contributed by atoms with Gasteiger partial charge in [0.25, 0.3) is 0 Å². The van der Waals surface area contributed by atoms with Crippen LogP contribution >= 0.6 is 0 Å². The zero-order valence-electron chi connectivity index (χ0n) is 9.76. The third-order valence-electron chi connectivity index (χ3n) is 3.47. The lowest BCUT2D eigenvalue weighted by Gasteiger charge is -2.43. The summed E-state index contributed by atoms with van der Waals surface area (Å²) in [7, 11) is 0. The first-order valence-corrected chi connectivity index (χ1v) is 5.94. The molecule has 2 saturated heterocycles. The van der Waals surface area contributed by atoms with Gasteiger partial charge in [0.1, 0.15) is 0 Å². The molecule has 0 aromatic rings. The van der Waals surface area contributed by atoms with Crippen LogP contribution in [0.15, 0.2) is 0 Å². The van der Waals surface area contributed by atoms with Gasteiger partial charge in [0.05, 0.1) is 19.3 Å². The summed E-state index contributed by atoms with van der Waals surface area (Å²) in [6.07, 6.45) is 0. The van der Waals surface area contributed by atoms with Crippen LogP contribution in [0.1, 0.15) is 6.92 Å². The van der Waals surface area contributed by atoms with Crippen molar-refractivity contribution in [1.29, 1.82) is 0 Å². The van der Waals surface area contributed by atoms with Gasteiger partial charge in [-0.05, 0) is 6.92 Å². The normalized spacial score (nSPS) is 25.2. The smallest absolute Gasteiger partial charge is 0.239 e. The number of likely N-dealkylation sites (tertiary alicyclic amines) is 1. The molecule has 2 heterocycles. The molecule has 0 spiro atoms. The molecule has 0 saturated carbocycles. The molecule has 5 nitrogen and oxygen atoms in total. The molecule has 2 aliphatic heterocycles. The van der Waals surface area contributed by atoms with E-state index in [-0.39, 0.29) is 18.6 Å². The van der Waals surface area contributed by atoms with Crippen molar-refractivity contribution in [3.05, 3.63) is 0 Å². The van der Waals surface area contributed by atoms with E-state index in [0.29, 0.717) is 32.2 Å². The highest BCUT2D eigenvalue weighted by Gasteiger charge is 2.34. The average Bonchev–Trinajstić information content (AvgIpc) is 2.27. The van der Waals surface area contributed by atoms with Gasteiger partial charge in [-0.15, -0.1) is 0 Å². The molecule has 2 fully saturated rings. The predicted octanol–water partition coefficient (Wildman–Crippen LogP) is -0.842. The second-order valence-corrected chi connectivity index (χ2v) is 4.62. The number of amides is 1. The molecule has 0 aromatic heterocycles. The highest BCUT2D eigenvalue weighted by molar-refractivity contribution is 5.81. The van der Waals surface area contributed by atoms with Gasteiger partial charge < -0.3 is 14.7 Å². The van der Waals surface area contributed by atoms with Crippen LogP contribution in [0.25, 0.3) is 0 Å². The minimum Gasteiger partial charge on any atom is -0.396 e. The number of aliphatic hydroxyl groups excluding tert-OH is 1. The van der Waals surface area contributed by atoms with Crippen LogP contribution in [0.3, 0.4) is 0 Å². The SMILES string of the molecule is CC(C(=O)N1CCOCC1)N1CC(CO)C1. The molecule has 2 aliphatic rings. The molecule has 0 aromatic carbocycles.